The summed E-state index contributed by atoms with van der Waals surface area (Å²) >= 11 is 0. The van der Waals surface area contributed by atoms with Crippen LogP contribution in [-0.2, 0) is 14.3 Å². The minimum Gasteiger partial charge on any atom is -0.481 e. The number of esters is 1. The summed E-state index contributed by atoms with van der Waals surface area (Å²) in [5, 5.41) is 9.34. The van der Waals surface area contributed by atoms with Crippen molar-refractivity contribution in [1.29, 1.82) is 0 Å². The van der Waals surface area contributed by atoms with E-state index in [4.69, 9.17) is 4.74 Å². The normalized spacial score (nSPS) is 11.9. The maximum atomic E-state index is 11.7. The van der Waals surface area contributed by atoms with Crippen LogP contribution in [0.25, 0.3) is 0 Å². The Balaban J connectivity index is 3.25. The van der Waals surface area contributed by atoms with Crippen LogP contribution in [0.4, 0.5) is 0 Å². The number of aliphatic carboxylic acids is 1. The van der Waals surface area contributed by atoms with Gasteiger partial charge in [-0.15, -0.1) is 6.58 Å². The smallest absolute Gasteiger partial charge is 0.307 e. The minimum absolute atomic E-state index is 0.00727. The van der Waals surface area contributed by atoms with Crippen LogP contribution in [-0.4, -0.2) is 23.7 Å². The summed E-state index contributed by atoms with van der Waals surface area (Å²) in [6.07, 6.45) is 40.0. The number of carbonyl (C=O) groups excluding carboxylic acids is 1. The molecule has 0 aliphatic carbocycles. The third-order valence-electron chi connectivity index (χ3n) is 8.44. The number of carbonyl (C=O) groups is 2. The van der Waals surface area contributed by atoms with E-state index in [2.05, 4.69) is 6.58 Å². The summed E-state index contributed by atoms with van der Waals surface area (Å²) in [4.78, 5) is 23.1. The first-order chi connectivity index (χ1) is 20.1. The Labute approximate surface area is 255 Å². The third-order valence-corrected chi connectivity index (χ3v) is 8.44. The topological polar surface area (TPSA) is 63.6 Å². The van der Waals surface area contributed by atoms with Gasteiger partial charge in [-0.05, 0) is 25.7 Å². The van der Waals surface area contributed by atoms with Gasteiger partial charge >= 0.3 is 11.9 Å². The molecule has 0 fully saturated rings. The van der Waals surface area contributed by atoms with E-state index < -0.39 is 11.9 Å². The standard InChI is InChI=1S/C37H70O4/c1-3-5-6-7-8-9-10-11-12-13-14-15-16-17-18-19-20-21-22-23-24-25-26-27-28-29-30-31-32-35(37(39)40)34-36(38)41-33-4-2/h3,35H,1,4-34H2,2H3,(H,39,40). The molecule has 0 aromatic rings. The van der Waals surface area contributed by atoms with Crippen LogP contribution in [0.1, 0.15) is 200 Å². The van der Waals surface area contributed by atoms with Gasteiger partial charge < -0.3 is 9.84 Å². The van der Waals surface area contributed by atoms with Crippen molar-refractivity contribution in [2.24, 2.45) is 5.92 Å². The van der Waals surface area contributed by atoms with Crippen molar-refractivity contribution in [3.05, 3.63) is 12.7 Å². The van der Waals surface area contributed by atoms with E-state index in [1.54, 1.807) is 0 Å². The van der Waals surface area contributed by atoms with Crippen molar-refractivity contribution < 1.29 is 19.4 Å². The van der Waals surface area contributed by atoms with Crippen LogP contribution >= 0.6 is 0 Å². The molecule has 41 heavy (non-hydrogen) atoms. The first-order valence-electron chi connectivity index (χ1n) is 18.1. The highest BCUT2D eigenvalue weighted by Crippen LogP contribution is 2.18. The molecule has 0 bridgehead atoms. The lowest BCUT2D eigenvalue weighted by molar-refractivity contribution is -0.151. The van der Waals surface area contributed by atoms with E-state index in [1.165, 1.54) is 161 Å². The molecule has 1 atom stereocenters. The second kappa shape index (κ2) is 33.2. The van der Waals surface area contributed by atoms with Crippen LogP contribution in [0.3, 0.4) is 0 Å². The molecular weight excluding hydrogens is 508 g/mol. The zero-order valence-corrected chi connectivity index (χ0v) is 27.5. The lowest BCUT2D eigenvalue weighted by Gasteiger charge is -2.11. The third kappa shape index (κ3) is 31.4. The Kier molecular flexibility index (Phi) is 32.1. The first-order valence-corrected chi connectivity index (χ1v) is 18.1. The van der Waals surface area contributed by atoms with Crippen LogP contribution in [0.5, 0.6) is 0 Å². The molecule has 0 spiro atoms. The lowest BCUT2D eigenvalue weighted by atomic mass is 9.97. The van der Waals surface area contributed by atoms with Crippen molar-refractivity contribution in [2.45, 2.75) is 200 Å². The van der Waals surface area contributed by atoms with Gasteiger partial charge in [0.1, 0.15) is 0 Å². The molecule has 0 saturated carbocycles. The number of hydrogen-bond donors (Lipinski definition) is 1. The second-order valence-corrected chi connectivity index (χ2v) is 12.5. The van der Waals surface area contributed by atoms with Crippen LogP contribution in [0.2, 0.25) is 0 Å². The van der Waals surface area contributed by atoms with Crippen molar-refractivity contribution in [3.63, 3.8) is 0 Å². The Morgan fingerprint density at radius 1 is 0.585 bits per heavy atom. The summed E-state index contributed by atoms with van der Waals surface area (Å²) in [7, 11) is 0. The van der Waals surface area contributed by atoms with Gasteiger partial charge in [0.25, 0.3) is 0 Å². The average molecular weight is 579 g/mol. The van der Waals surface area contributed by atoms with Gasteiger partial charge in [-0.25, -0.2) is 0 Å². The van der Waals surface area contributed by atoms with Gasteiger partial charge in [0.05, 0.1) is 18.9 Å². The van der Waals surface area contributed by atoms with Gasteiger partial charge in [-0.1, -0.05) is 174 Å². The van der Waals surface area contributed by atoms with Crippen LogP contribution in [0, 0.1) is 5.92 Å². The highest BCUT2D eigenvalue weighted by molar-refractivity contribution is 5.78. The Hall–Kier alpha value is -1.32. The maximum absolute atomic E-state index is 11.7. The summed E-state index contributed by atoms with van der Waals surface area (Å²) in [6, 6.07) is 0. The molecule has 0 aromatic carbocycles. The molecule has 0 aliphatic heterocycles. The zero-order valence-electron chi connectivity index (χ0n) is 27.5. The molecule has 242 valence electrons. The first kappa shape index (κ1) is 39.7. The molecule has 0 saturated heterocycles. The maximum Gasteiger partial charge on any atom is 0.307 e. The van der Waals surface area contributed by atoms with Gasteiger partial charge in [-0.2, -0.15) is 0 Å². The molecule has 0 heterocycles. The fourth-order valence-corrected chi connectivity index (χ4v) is 5.71. The van der Waals surface area contributed by atoms with Gasteiger partial charge in [0.2, 0.25) is 0 Å². The van der Waals surface area contributed by atoms with E-state index >= 15 is 0 Å². The highest BCUT2D eigenvalue weighted by atomic mass is 16.5. The number of hydrogen-bond acceptors (Lipinski definition) is 3. The van der Waals surface area contributed by atoms with Crippen molar-refractivity contribution in [2.75, 3.05) is 6.61 Å². The highest BCUT2D eigenvalue weighted by Gasteiger charge is 2.21. The number of carboxylic acids is 1. The summed E-state index contributed by atoms with van der Waals surface area (Å²) in [5.41, 5.74) is 0. The van der Waals surface area contributed by atoms with Gasteiger partial charge in [0.15, 0.2) is 0 Å². The predicted octanol–water partition coefficient (Wildman–Crippen LogP) is 12.1. The number of rotatable bonds is 34. The molecule has 0 aliphatic rings. The van der Waals surface area contributed by atoms with Crippen molar-refractivity contribution in [1.82, 2.24) is 0 Å². The second-order valence-electron chi connectivity index (χ2n) is 12.5. The fourth-order valence-electron chi connectivity index (χ4n) is 5.71. The number of unbranched alkanes of at least 4 members (excludes halogenated alkanes) is 26. The zero-order chi connectivity index (χ0) is 30.1. The predicted molar refractivity (Wildman–Crippen MR) is 176 cm³/mol. The Bertz CT molecular complexity index is 573. The number of allylic oxidation sites excluding steroid dienone is 1. The van der Waals surface area contributed by atoms with E-state index in [-0.39, 0.29) is 12.4 Å². The largest absolute Gasteiger partial charge is 0.481 e. The summed E-state index contributed by atoms with van der Waals surface area (Å²) in [5.74, 6) is -1.85. The van der Waals surface area contributed by atoms with Crippen molar-refractivity contribution in [3.8, 4) is 0 Å². The number of ether oxygens (including phenoxy) is 1. The lowest BCUT2D eigenvalue weighted by Crippen LogP contribution is -2.19. The van der Waals surface area contributed by atoms with Crippen molar-refractivity contribution >= 4 is 11.9 Å². The molecule has 4 nitrogen and oxygen atoms in total. The molecular formula is C37H70O4. The van der Waals surface area contributed by atoms with Crippen LogP contribution in [0.15, 0.2) is 12.7 Å². The summed E-state index contributed by atoms with van der Waals surface area (Å²) < 4.78 is 5.03. The molecule has 0 radical (unpaired) electrons. The number of carboxylic acid groups (broad SMARTS) is 1. The fraction of sp³-hybridized carbons (Fsp3) is 0.892. The molecule has 0 aromatic heterocycles. The minimum atomic E-state index is -0.873. The molecule has 1 N–H and O–H groups in total. The Morgan fingerprint density at radius 2 is 0.902 bits per heavy atom. The average Bonchev–Trinajstić information content (AvgIpc) is 2.96. The molecule has 0 rings (SSSR count). The molecule has 0 amide bonds. The van der Waals surface area contributed by atoms with E-state index in [0.717, 1.165) is 19.3 Å². The van der Waals surface area contributed by atoms with E-state index in [1.807, 2.05) is 13.0 Å². The quantitative estimate of drug-likeness (QED) is 0.0468. The van der Waals surface area contributed by atoms with E-state index in [0.29, 0.717) is 13.0 Å². The van der Waals surface area contributed by atoms with Gasteiger partial charge in [0, 0.05) is 0 Å². The van der Waals surface area contributed by atoms with E-state index in [9.17, 15) is 14.7 Å². The Morgan fingerprint density at radius 3 is 1.20 bits per heavy atom. The SMILES string of the molecule is C=CCCCCCCCCCCCCCCCCCCCCCCCCCCCCC(CC(=O)OCCC)C(=O)O. The molecule has 4 heteroatoms. The van der Waals surface area contributed by atoms with Gasteiger partial charge in [-0.3, -0.25) is 9.59 Å². The van der Waals surface area contributed by atoms with Crippen LogP contribution < -0.4 is 0 Å². The summed E-state index contributed by atoms with van der Waals surface area (Å²) in [6.45, 7) is 6.10. The molecule has 1 unspecified atom stereocenters. The monoisotopic (exact) mass is 579 g/mol.